The molecule has 3 nitrogen and oxygen atoms in total. The van der Waals surface area contributed by atoms with Crippen LogP contribution in [0.3, 0.4) is 0 Å². The average Bonchev–Trinajstić information content (AvgIpc) is 1.87. The molecule has 0 saturated carbocycles. The molecule has 0 saturated heterocycles. The third kappa shape index (κ3) is 6.06. The maximum absolute atomic E-state index is 10.2. The third-order valence-electron chi connectivity index (χ3n) is 0.490. The van der Waals surface area contributed by atoms with Crippen LogP contribution in [0.15, 0.2) is 12.7 Å². The van der Waals surface area contributed by atoms with Gasteiger partial charge in [-0.15, -0.1) is 11.6 Å². The van der Waals surface area contributed by atoms with Crippen molar-refractivity contribution >= 4 is 46.6 Å². The molecule has 0 radical (unpaired) electrons. The zero-order valence-corrected chi connectivity index (χ0v) is 5.35. The number of alkyl halides is 1. The van der Waals surface area contributed by atoms with E-state index < -0.39 is 11.9 Å². The normalized spacial score (nSPS) is 7.30. The fraction of sp³-hybridized carbons (Fsp3) is 0.200. The van der Waals surface area contributed by atoms with Gasteiger partial charge in [-0.2, -0.15) is 0 Å². The summed E-state index contributed by atoms with van der Waals surface area (Å²) < 4.78 is 4.02. The van der Waals surface area contributed by atoms with Gasteiger partial charge in [0.1, 0.15) is 5.88 Å². The number of hydrogen-bond acceptors (Lipinski definition) is 3. The summed E-state index contributed by atoms with van der Waals surface area (Å²) in [6, 6.07) is 0. The quantitative estimate of drug-likeness (QED) is 0.188. The van der Waals surface area contributed by atoms with Gasteiger partial charge in [0, 0.05) is 6.08 Å². The number of halogens is 1. The Morgan fingerprint density at radius 2 is 2.10 bits per heavy atom. The van der Waals surface area contributed by atoms with Crippen molar-refractivity contribution < 1.29 is 14.3 Å². The minimum atomic E-state index is -0.777. The summed E-state index contributed by atoms with van der Waals surface area (Å²) in [7, 11) is 0. The van der Waals surface area contributed by atoms with Crippen LogP contribution >= 0.6 is 11.6 Å². The van der Waals surface area contributed by atoms with Crippen LogP contribution in [-0.4, -0.2) is 40.9 Å². The van der Waals surface area contributed by atoms with Gasteiger partial charge in [-0.3, -0.25) is 4.79 Å². The highest BCUT2D eigenvalue weighted by molar-refractivity contribution is 6.27. The van der Waals surface area contributed by atoms with E-state index in [1.54, 1.807) is 0 Å². The standard InChI is InChI=1S/C5H5ClO3.Mg.2H/c1-2-4(7)9-5(8)3-6;;;/h2H,1,3H2;;;. The lowest BCUT2D eigenvalue weighted by atomic mass is 10.6. The highest BCUT2D eigenvalue weighted by Gasteiger charge is 2.02. The Kier molecular flexibility index (Phi) is 8.88. The van der Waals surface area contributed by atoms with E-state index in [0.29, 0.717) is 0 Å². The smallest absolute Gasteiger partial charge is 0.337 e. The van der Waals surface area contributed by atoms with Gasteiger partial charge in [-0.25, -0.2) is 4.79 Å². The Bertz CT molecular complexity index is 146. The molecule has 0 aliphatic carbocycles. The molecule has 10 heavy (non-hydrogen) atoms. The van der Waals surface area contributed by atoms with E-state index >= 15 is 0 Å². The van der Waals surface area contributed by atoms with Crippen molar-refractivity contribution in [2.24, 2.45) is 0 Å². The van der Waals surface area contributed by atoms with Crippen LogP contribution in [0.1, 0.15) is 0 Å². The van der Waals surface area contributed by atoms with E-state index in [0.717, 1.165) is 6.08 Å². The number of hydrogen-bond donors (Lipinski definition) is 0. The first kappa shape index (κ1) is 12.6. The lowest BCUT2D eigenvalue weighted by molar-refractivity contribution is -0.154. The molecule has 0 aliphatic rings. The van der Waals surface area contributed by atoms with E-state index in [4.69, 9.17) is 11.6 Å². The van der Waals surface area contributed by atoms with Crippen molar-refractivity contribution in [2.45, 2.75) is 0 Å². The van der Waals surface area contributed by atoms with Gasteiger partial charge in [0.05, 0.1) is 0 Å². The fourth-order valence-electron chi connectivity index (χ4n) is 0.181. The van der Waals surface area contributed by atoms with Crippen molar-refractivity contribution in [2.75, 3.05) is 5.88 Å². The van der Waals surface area contributed by atoms with Crippen LogP contribution in [0.5, 0.6) is 0 Å². The first-order valence-electron chi connectivity index (χ1n) is 2.13. The van der Waals surface area contributed by atoms with Crippen LogP contribution < -0.4 is 0 Å². The molecule has 0 spiro atoms. The van der Waals surface area contributed by atoms with Crippen molar-refractivity contribution in [3.8, 4) is 0 Å². The molecule has 5 heteroatoms. The minimum absolute atomic E-state index is 0. The van der Waals surface area contributed by atoms with E-state index in [-0.39, 0.29) is 28.9 Å². The fourth-order valence-corrected chi connectivity index (χ4v) is 0.236. The summed E-state index contributed by atoms with van der Waals surface area (Å²) in [6.45, 7) is 3.08. The van der Waals surface area contributed by atoms with Gasteiger partial charge in [-0.05, 0) is 0 Å². The Morgan fingerprint density at radius 1 is 1.60 bits per heavy atom. The van der Waals surface area contributed by atoms with E-state index in [1.807, 2.05) is 0 Å². The van der Waals surface area contributed by atoms with Crippen LogP contribution in [-0.2, 0) is 14.3 Å². The first-order valence-corrected chi connectivity index (χ1v) is 2.67. The summed E-state index contributed by atoms with van der Waals surface area (Å²) in [5.74, 6) is -1.86. The van der Waals surface area contributed by atoms with Gasteiger partial charge in [0.15, 0.2) is 0 Å². The van der Waals surface area contributed by atoms with Crippen molar-refractivity contribution in [3.63, 3.8) is 0 Å². The lowest BCUT2D eigenvalue weighted by Gasteiger charge is -1.92. The Labute approximate surface area is 79.5 Å². The predicted octanol–water partition coefficient (Wildman–Crippen LogP) is -0.435. The Morgan fingerprint density at radius 3 is 2.40 bits per heavy atom. The molecular formula is C5H7ClMgO3. The molecule has 0 unspecified atom stereocenters. The van der Waals surface area contributed by atoms with Crippen molar-refractivity contribution in [1.82, 2.24) is 0 Å². The van der Waals surface area contributed by atoms with Crippen LogP contribution in [0.2, 0.25) is 0 Å². The molecule has 0 aliphatic heterocycles. The topological polar surface area (TPSA) is 43.4 Å². The van der Waals surface area contributed by atoms with Crippen molar-refractivity contribution in [1.29, 1.82) is 0 Å². The second-order valence-electron chi connectivity index (χ2n) is 1.13. The summed E-state index contributed by atoms with van der Waals surface area (Å²) in [5.41, 5.74) is 0. The maximum atomic E-state index is 10.2. The largest absolute Gasteiger partial charge is 0.389 e. The highest BCUT2D eigenvalue weighted by atomic mass is 35.5. The summed E-state index contributed by atoms with van der Waals surface area (Å²) in [6.07, 6.45) is 0.893. The molecule has 0 aromatic carbocycles. The SMILES string of the molecule is C=CC(=O)OC(=O)CCl.[MgH2]. The zero-order valence-electron chi connectivity index (χ0n) is 4.59. The Hall–Kier alpha value is -0.0638. The summed E-state index contributed by atoms with van der Waals surface area (Å²) in [4.78, 5) is 20.3. The second kappa shape index (κ2) is 7.05. The molecule has 0 fully saturated rings. The first-order chi connectivity index (χ1) is 4.20. The highest BCUT2D eigenvalue weighted by Crippen LogP contribution is 1.83. The van der Waals surface area contributed by atoms with Gasteiger partial charge < -0.3 is 4.74 Å². The zero-order chi connectivity index (χ0) is 7.28. The van der Waals surface area contributed by atoms with Crippen LogP contribution in [0, 0.1) is 0 Å². The molecular weight excluding hydrogens is 168 g/mol. The van der Waals surface area contributed by atoms with Crippen molar-refractivity contribution in [3.05, 3.63) is 12.7 Å². The molecule has 0 aromatic heterocycles. The number of ether oxygens (including phenoxy) is 1. The molecule has 0 bridgehead atoms. The van der Waals surface area contributed by atoms with Crippen LogP contribution in [0.25, 0.3) is 0 Å². The average molecular weight is 175 g/mol. The molecule has 0 N–H and O–H groups in total. The molecule has 0 rings (SSSR count). The number of rotatable bonds is 2. The monoisotopic (exact) mass is 174 g/mol. The molecule has 0 aromatic rings. The summed E-state index contributed by atoms with van der Waals surface area (Å²) >= 11 is 4.99. The van der Waals surface area contributed by atoms with E-state index in [2.05, 4.69) is 11.3 Å². The number of esters is 2. The molecule has 0 atom stereocenters. The maximum Gasteiger partial charge on any atom is 0.337 e. The number of carbonyl (C=O) groups is 2. The molecule has 0 heterocycles. The predicted molar refractivity (Wildman–Crippen MR) is 40.6 cm³/mol. The van der Waals surface area contributed by atoms with E-state index in [1.165, 1.54) is 0 Å². The molecule has 0 amide bonds. The third-order valence-corrected chi connectivity index (χ3v) is 0.708. The summed E-state index contributed by atoms with van der Waals surface area (Å²) in [5, 5.41) is 0. The van der Waals surface area contributed by atoms with E-state index in [9.17, 15) is 9.59 Å². The van der Waals surface area contributed by atoms with Gasteiger partial charge >= 0.3 is 35.0 Å². The van der Waals surface area contributed by atoms with Gasteiger partial charge in [0.2, 0.25) is 0 Å². The van der Waals surface area contributed by atoms with Gasteiger partial charge in [0.25, 0.3) is 0 Å². The second-order valence-corrected chi connectivity index (χ2v) is 1.40. The minimum Gasteiger partial charge on any atom is -0.389 e. The number of carbonyl (C=O) groups excluding carboxylic acids is 2. The lowest BCUT2D eigenvalue weighted by Crippen LogP contribution is -2.10. The molecule has 54 valence electrons. The van der Waals surface area contributed by atoms with Crippen LogP contribution in [0.4, 0.5) is 0 Å². The van der Waals surface area contributed by atoms with Gasteiger partial charge in [-0.1, -0.05) is 6.58 Å². The Balaban J connectivity index is 0.